The molecule has 0 unspecified atom stereocenters. The van der Waals surface area contributed by atoms with E-state index < -0.39 is 86.9 Å². The Balaban J connectivity index is 1.70. The lowest BCUT2D eigenvalue weighted by atomic mass is 10.0. The molecule has 3 aliphatic heterocycles. The third-order valence-electron chi connectivity index (χ3n) is 6.67. The molecule has 16 heteroatoms. The van der Waals surface area contributed by atoms with Gasteiger partial charge in [0.2, 0.25) is 20.0 Å². The van der Waals surface area contributed by atoms with E-state index in [2.05, 4.69) is 31.9 Å². The Hall–Kier alpha value is -0.880. The first-order valence-electron chi connectivity index (χ1n) is 10.6. The zero-order valence-electron chi connectivity index (χ0n) is 18.3. The molecule has 0 spiro atoms. The van der Waals surface area contributed by atoms with Crippen LogP contribution in [0.4, 0.5) is 0 Å². The molecule has 4 atom stereocenters. The van der Waals surface area contributed by atoms with E-state index in [0.29, 0.717) is 8.95 Å². The fraction of sp³-hybridized carbons (Fsp3) is 0.400. The van der Waals surface area contributed by atoms with Crippen molar-refractivity contribution < 1.29 is 33.7 Å². The molecular formula is C20H20Br2N2O8S4. The van der Waals surface area contributed by atoms with Gasteiger partial charge in [-0.3, -0.25) is 0 Å². The fourth-order valence-corrected chi connectivity index (χ4v) is 13.8. The van der Waals surface area contributed by atoms with Crippen LogP contribution in [0.15, 0.2) is 67.3 Å². The summed E-state index contributed by atoms with van der Waals surface area (Å²) in [6.45, 7) is 0. The van der Waals surface area contributed by atoms with Crippen LogP contribution in [0.1, 0.15) is 0 Å². The van der Waals surface area contributed by atoms with E-state index in [1.165, 1.54) is 48.5 Å². The SMILES string of the molecule is O=S1(=O)C[C@@H]2[C@H](C1)N(S(=O)(=O)c1ccc(Br)cc1)[C@@H]1CS(=O)(=O)C[C@@H]1N2S(=O)(=O)c1ccc(Br)cc1. The molecule has 3 saturated heterocycles. The average Bonchev–Trinajstić information content (AvgIpc) is 3.24. The lowest BCUT2D eigenvalue weighted by Gasteiger charge is -2.48. The highest BCUT2D eigenvalue weighted by Crippen LogP contribution is 2.43. The van der Waals surface area contributed by atoms with Crippen molar-refractivity contribution in [2.24, 2.45) is 0 Å². The number of piperazine rings is 1. The first-order chi connectivity index (χ1) is 16.6. The molecule has 3 heterocycles. The standard InChI is InChI=1S/C20H20Br2N2O8S4/c21-13-1-5-15(6-2-13)35(29,30)23-17-9-33(25,26)11-19(17)24(20-12-34(27,28)10-18(20)23)36(31,32)16-7-3-14(22)4-8-16/h1-8,17-20H,9-12H2/t17-,18+,19+,20-. The number of hydrogen-bond donors (Lipinski definition) is 0. The summed E-state index contributed by atoms with van der Waals surface area (Å²) in [6, 6.07) is 6.27. The third-order valence-corrected chi connectivity index (χ3v) is 15.1. The number of hydrogen-bond acceptors (Lipinski definition) is 8. The maximum absolute atomic E-state index is 13.8. The smallest absolute Gasteiger partial charge is 0.229 e. The average molecular weight is 704 g/mol. The largest absolute Gasteiger partial charge is 0.243 e. The number of nitrogens with zero attached hydrogens (tertiary/aromatic N) is 2. The molecule has 3 fully saturated rings. The summed E-state index contributed by atoms with van der Waals surface area (Å²) in [6.07, 6.45) is 0. The van der Waals surface area contributed by atoms with Crippen LogP contribution in [-0.2, 0) is 39.7 Å². The lowest BCUT2D eigenvalue weighted by Crippen LogP contribution is -2.69. The van der Waals surface area contributed by atoms with Crippen LogP contribution in [0.2, 0.25) is 0 Å². The summed E-state index contributed by atoms with van der Waals surface area (Å²) in [7, 11) is -16.4. The van der Waals surface area contributed by atoms with Gasteiger partial charge in [0.05, 0.1) is 57.0 Å². The summed E-state index contributed by atoms with van der Waals surface area (Å²) in [5, 5.41) is 0. The molecular weight excluding hydrogens is 684 g/mol. The Morgan fingerprint density at radius 3 is 1.06 bits per heavy atom. The normalized spacial score (nSPS) is 30.1. The summed E-state index contributed by atoms with van der Waals surface area (Å²) >= 11 is 6.48. The maximum atomic E-state index is 13.8. The van der Waals surface area contributed by atoms with Crippen molar-refractivity contribution in [3.63, 3.8) is 0 Å². The Labute approximate surface area is 226 Å². The first-order valence-corrected chi connectivity index (χ1v) is 18.7. The summed E-state index contributed by atoms with van der Waals surface area (Å²) in [5.74, 6) is -2.43. The Morgan fingerprint density at radius 2 is 0.806 bits per heavy atom. The molecule has 0 aliphatic carbocycles. The minimum atomic E-state index is -4.37. The molecule has 10 nitrogen and oxygen atoms in total. The van der Waals surface area contributed by atoms with Crippen LogP contribution in [-0.4, -0.2) is 89.5 Å². The van der Waals surface area contributed by atoms with Gasteiger partial charge in [0, 0.05) is 8.95 Å². The number of halogens is 2. The van der Waals surface area contributed by atoms with Crippen LogP contribution in [0, 0.1) is 0 Å². The number of sulfonamides is 2. The van der Waals surface area contributed by atoms with Gasteiger partial charge in [-0.25, -0.2) is 33.7 Å². The molecule has 2 aromatic carbocycles. The van der Waals surface area contributed by atoms with E-state index in [9.17, 15) is 33.7 Å². The van der Waals surface area contributed by atoms with E-state index in [4.69, 9.17) is 0 Å². The molecule has 36 heavy (non-hydrogen) atoms. The van der Waals surface area contributed by atoms with Crippen LogP contribution in [0.5, 0.6) is 0 Å². The number of sulfone groups is 2. The number of rotatable bonds is 4. The van der Waals surface area contributed by atoms with E-state index in [1.54, 1.807) is 0 Å². The van der Waals surface area contributed by atoms with Crippen LogP contribution in [0.3, 0.4) is 0 Å². The third kappa shape index (κ3) is 4.50. The van der Waals surface area contributed by atoms with Crippen molar-refractivity contribution >= 4 is 71.6 Å². The highest BCUT2D eigenvalue weighted by atomic mass is 79.9. The zero-order valence-corrected chi connectivity index (χ0v) is 24.7. The molecule has 196 valence electrons. The number of fused-ring (bicyclic) bond motifs is 2. The topological polar surface area (TPSA) is 143 Å². The molecule has 2 aromatic rings. The number of benzene rings is 2. The summed E-state index contributed by atoms with van der Waals surface area (Å²) in [5.41, 5.74) is 0. The fourth-order valence-electron chi connectivity index (χ4n) is 5.25. The van der Waals surface area contributed by atoms with Crippen molar-refractivity contribution in [1.82, 2.24) is 8.61 Å². The second-order valence-corrected chi connectivity index (χ2v) is 18.8. The predicted octanol–water partition coefficient (Wildman–Crippen LogP) is 1.24. The summed E-state index contributed by atoms with van der Waals surface area (Å²) in [4.78, 5) is -0.276. The van der Waals surface area contributed by atoms with E-state index >= 15 is 0 Å². The van der Waals surface area contributed by atoms with E-state index in [-0.39, 0.29) is 9.79 Å². The van der Waals surface area contributed by atoms with Gasteiger partial charge >= 0.3 is 0 Å². The highest BCUT2D eigenvalue weighted by molar-refractivity contribution is 9.10. The van der Waals surface area contributed by atoms with Gasteiger partial charge in [-0.1, -0.05) is 31.9 Å². The van der Waals surface area contributed by atoms with Gasteiger partial charge in [-0.05, 0) is 48.5 Å². The van der Waals surface area contributed by atoms with Crippen molar-refractivity contribution in [2.45, 2.75) is 34.0 Å². The Bertz CT molecular complexity index is 1480. The van der Waals surface area contributed by atoms with E-state index in [1.807, 2.05) is 0 Å². The van der Waals surface area contributed by atoms with Gasteiger partial charge in [0.15, 0.2) is 19.7 Å². The Morgan fingerprint density at radius 1 is 0.556 bits per heavy atom. The molecule has 3 aliphatic rings. The predicted molar refractivity (Wildman–Crippen MR) is 139 cm³/mol. The first kappa shape index (κ1) is 26.7. The highest BCUT2D eigenvalue weighted by Gasteiger charge is 2.63. The second kappa shape index (κ2) is 8.83. The van der Waals surface area contributed by atoms with Crippen molar-refractivity contribution in [3.8, 4) is 0 Å². The monoisotopic (exact) mass is 702 g/mol. The molecule has 5 rings (SSSR count). The quantitative estimate of drug-likeness (QED) is 0.463. The minimum absolute atomic E-state index is 0.138. The molecule has 0 bridgehead atoms. The molecule has 0 radical (unpaired) electrons. The molecule has 0 amide bonds. The van der Waals surface area contributed by atoms with Crippen molar-refractivity contribution in [3.05, 3.63) is 57.5 Å². The van der Waals surface area contributed by atoms with Crippen LogP contribution in [0.25, 0.3) is 0 Å². The maximum Gasteiger partial charge on any atom is 0.243 e. The van der Waals surface area contributed by atoms with Crippen LogP contribution < -0.4 is 0 Å². The van der Waals surface area contributed by atoms with Gasteiger partial charge in [-0.2, -0.15) is 8.61 Å². The summed E-state index contributed by atoms with van der Waals surface area (Å²) < 4.78 is 110. The second-order valence-electron chi connectivity index (χ2n) is 9.00. The van der Waals surface area contributed by atoms with Crippen LogP contribution >= 0.6 is 31.9 Å². The van der Waals surface area contributed by atoms with Gasteiger partial charge in [0.1, 0.15) is 0 Å². The van der Waals surface area contributed by atoms with Gasteiger partial charge in [0.25, 0.3) is 0 Å². The van der Waals surface area contributed by atoms with E-state index in [0.717, 1.165) is 8.61 Å². The van der Waals surface area contributed by atoms with Crippen molar-refractivity contribution in [1.29, 1.82) is 0 Å². The molecule has 0 aromatic heterocycles. The zero-order chi connectivity index (χ0) is 26.3. The Kier molecular flexibility index (Phi) is 6.55. The lowest BCUT2D eigenvalue weighted by molar-refractivity contribution is 0.0841. The molecule has 0 saturated carbocycles. The van der Waals surface area contributed by atoms with Gasteiger partial charge < -0.3 is 0 Å². The van der Waals surface area contributed by atoms with Crippen molar-refractivity contribution in [2.75, 3.05) is 23.0 Å². The minimum Gasteiger partial charge on any atom is -0.229 e. The molecule has 0 N–H and O–H groups in total. The van der Waals surface area contributed by atoms with Gasteiger partial charge in [-0.15, -0.1) is 0 Å².